The van der Waals surface area contributed by atoms with Gasteiger partial charge in [0.1, 0.15) is 0 Å². The monoisotopic (exact) mass is 367 g/mol. The van der Waals surface area contributed by atoms with Crippen LogP contribution in [0.2, 0.25) is 0 Å². The van der Waals surface area contributed by atoms with Crippen molar-refractivity contribution in [2.75, 3.05) is 13.1 Å². The van der Waals surface area contributed by atoms with Gasteiger partial charge < -0.3 is 0 Å². The van der Waals surface area contributed by atoms with Crippen LogP contribution in [0.15, 0.2) is 60.7 Å². The van der Waals surface area contributed by atoms with Crippen LogP contribution in [0.25, 0.3) is 5.57 Å². The topological polar surface area (TPSA) is 3.24 Å². The zero-order valence-electron chi connectivity index (χ0n) is 15.8. The molecular formula is C24H30ClN. The van der Waals surface area contributed by atoms with Gasteiger partial charge in [0.05, 0.1) is 0 Å². The van der Waals surface area contributed by atoms with Gasteiger partial charge in [-0.1, -0.05) is 85.5 Å². The van der Waals surface area contributed by atoms with Gasteiger partial charge in [-0.15, -0.1) is 12.4 Å². The normalized spacial score (nSPS) is 20.1. The predicted octanol–water partition coefficient (Wildman–Crippen LogP) is 6.37. The first-order valence-corrected chi connectivity index (χ1v) is 9.85. The van der Waals surface area contributed by atoms with Crippen molar-refractivity contribution in [3.8, 4) is 0 Å². The largest absolute Gasteiger partial charge is 0.290 e. The van der Waals surface area contributed by atoms with E-state index in [0.717, 1.165) is 13.0 Å². The number of nitrogens with zero attached hydrogens (tertiary/aromatic N) is 1. The molecule has 26 heavy (non-hydrogen) atoms. The molecule has 4 rings (SSSR count). The van der Waals surface area contributed by atoms with Crippen molar-refractivity contribution in [1.29, 1.82) is 0 Å². The van der Waals surface area contributed by atoms with Crippen LogP contribution in [0, 0.1) is 6.92 Å². The minimum atomic E-state index is 0. The van der Waals surface area contributed by atoms with Crippen LogP contribution < -0.4 is 0 Å². The zero-order chi connectivity index (χ0) is 17.1. The quantitative estimate of drug-likeness (QED) is 0.609. The first-order valence-electron chi connectivity index (χ1n) is 9.85. The van der Waals surface area contributed by atoms with Gasteiger partial charge >= 0.3 is 0 Å². The van der Waals surface area contributed by atoms with E-state index in [4.69, 9.17) is 0 Å². The summed E-state index contributed by atoms with van der Waals surface area (Å²) in [7, 11) is 0. The van der Waals surface area contributed by atoms with E-state index in [9.17, 15) is 0 Å². The maximum atomic E-state index is 2.76. The third kappa shape index (κ3) is 3.75. The molecule has 1 saturated carbocycles. The molecule has 0 spiro atoms. The Morgan fingerprint density at radius 1 is 0.846 bits per heavy atom. The summed E-state index contributed by atoms with van der Waals surface area (Å²) in [6.45, 7) is 4.42. The number of aryl methyl sites for hydroxylation is 1. The second-order valence-corrected chi connectivity index (χ2v) is 7.75. The molecule has 1 aliphatic heterocycles. The summed E-state index contributed by atoms with van der Waals surface area (Å²) >= 11 is 0. The molecule has 1 fully saturated rings. The fourth-order valence-corrected chi connectivity index (χ4v) is 4.76. The molecule has 2 aromatic carbocycles. The van der Waals surface area contributed by atoms with E-state index in [-0.39, 0.29) is 17.9 Å². The van der Waals surface area contributed by atoms with E-state index in [1.54, 1.807) is 0 Å². The zero-order valence-corrected chi connectivity index (χ0v) is 16.6. The SMILES string of the molecule is Cc1ccc(C2=CCN(C3(c4ccccc4)CCCCC3)CC2)cc1.Cl. The second-order valence-electron chi connectivity index (χ2n) is 7.75. The minimum Gasteiger partial charge on any atom is -0.290 e. The van der Waals surface area contributed by atoms with Crippen molar-refractivity contribution in [3.63, 3.8) is 0 Å². The fraction of sp³-hybridized carbons (Fsp3) is 0.417. The summed E-state index contributed by atoms with van der Waals surface area (Å²) in [5, 5.41) is 0. The first-order chi connectivity index (χ1) is 12.3. The van der Waals surface area contributed by atoms with E-state index in [0.29, 0.717) is 0 Å². The van der Waals surface area contributed by atoms with Crippen LogP contribution in [-0.4, -0.2) is 18.0 Å². The van der Waals surface area contributed by atoms with Gasteiger partial charge in [-0.3, -0.25) is 4.90 Å². The van der Waals surface area contributed by atoms with Crippen molar-refractivity contribution in [2.45, 2.75) is 51.0 Å². The number of hydrogen-bond donors (Lipinski definition) is 0. The van der Waals surface area contributed by atoms with Gasteiger partial charge in [-0.2, -0.15) is 0 Å². The molecule has 0 bridgehead atoms. The highest BCUT2D eigenvalue weighted by Gasteiger charge is 2.39. The molecule has 0 unspecified atom stereocenters. The molecule has 2 aromatic rings. The Bertz CT molecular complexity index is 727. The summed E-state index contributed by atoms with van der Waals surface area (Å²) in [5.41, 5.74) is 6.06. The second kappa shape index (κ2) is 8.41. The van der Waals surface area contributed by atoms with E-state index in [1.165, 1.54) is 60.9 Å². The van der Waals surface area contributed by atoms with Crippen LogP contribution in [0.1, 0.15) is 55.2 Å². The molecule has 2 heteroatoms. The Labute approximate surface area is 164 Å². The van der Waals surface area contributed by atoms with E-state index >= 15 is 0 Å². The highest BCUT2D eigenvalue weighted by atomic mass is 35.5. The lowest BCUT2D eigenvalue weighted by Crippen LogP contribution is -2.49. The fourth-order valence-electron chi connectivity index (χ4n) is 4.76. The third-order valence-corrected chi connectivity index (χ3v) is 6.23. The van der Waals surface area contributed by atoms with Crippen molar-refractivity contribution in [2.24, 2.45) is 0 Å². The first kappa shape index (κ1) is 19.2. The summed E-state index contributed by atoms with van der Waals surface area (Å²) in [6, 6.07) is 20.3. The van der Waals surface area contributed by atoms with Crippen molar-refractivity contribution in [1.82, 2.24) is 4.90 Å². The average Bonchev–Trinajstić information content (AvgIpc) is 2.70. The van der Waals surface area contributed by atoms with Gasteiger partial charge in [0, 0.05) is 18.6 Å². The average molecular weight is 368 g/mol. The maximum absolute atomic E-state index is 2.76. The maximum Gasteiger partial charge on any atom is 0.0464 e. The minimum absolute atomic E-state index is 0. The Morgan fingerprint density at radius 3 is 2.15 bits per heavy atom. The Morgan fingerprint density at radius 2 is 1.54 bits per heavy atom. The van der Waals surface area contributed by atoms with Gasteiger partial charge in [-0.25, -0.2) is 0 Å². The van der Waals surface area contributed by atoms with Crippen LogP contribution in [0.5, 0.6) is 0 Å². The Hall–Kier alpha value is -1.57. The van der Waals surface area contributed by atoms with Gasteiger partial charge in [-0.05, 0) is 42.9 Å². The lowest BCUT2D eigenvalue weighted by atomic mass is 9.74. The van der Waals surface area contributed by atoms with E-state index in [2.05, 4.69) is 72.5 Å². The predicted molar refractivity (Wildman–Crippen MR) is 114 cm³/mol. The summed E-state index contributed by atoms with van der Waals surface area (Å²) in [6.07, 6.45) is 10.4. The smallest absolute Gasteiger partial charge is 0.0464 e. The van der Waals surface area contributed by atoms with Crippen LogP contribution in [0.4, 0.5) is 0 Å². The molecule has 1 nitrogen and oxygen atoms in total. The van der Waals surface area contributed by atoms with Gasteiger partial charge in [0.15, 0.2) is 0 Å². The highest BCUT2D eigenvalue weighted by molar-refractivity contribution is 5.85. The molecule has 0 aromatic heterocycles. The molecule has 0 atom stereocenters. The molecule has 0 amide bonds. The molecule has 138 valence electrons. The van der Waals surface area contributed by atoms with Crippen molar-refractivity contribution in [3.05, 3.63) is 77.4 Å². The molecule has 1 heterocycles. The summed E-state index contributed by atoms with van der Waals surface area (Å²) in [5.74, 6) is 0. The van der Waals surface area contributed by atoms with Gasteiger partial charge in [0.2, 0.25) is 0 Å². The number of halogens is 1. The Balaban J connectivity index is 0.00000196. The lowest BCUT2D eigenvalue weighted by molar-refractivity contribution is 0.0569. The van der Waals surface area contributed by atoms with Gasteiger partial charge in [0.25, 0.3) is 0 Å². The number of hydrogen-bond acceptors (Lipinski definition) is 1. The highest BCUT2D eigenvalue weighted by Crippen LogP contribution is 2.43. The van der Waals surface area contributed by atoms with E-state index in [1.807, 2.05) is 0 Å². The van der Waals surface area contributed by atoms with Crippen LogP contribution in [0.3, 0.4) is 0 Å². The number of rotatable bonds is 3. The number of benzene rings is 2. The summed E-state index contributed by atoms with van der Waals surface area (Å²) in [4.78, 5) is 2.76. The molecule has 1 aliphatic carbocycles. The molecule has 2 aliphatic rings. The third-order valence-electron chi connectivity index (χ3n) is 6.23. The van der Waals surface area contributed by atoms with E-state index < -0.39 is 0 Å². The molecule has 0 N–H and O–H groups in total. The van der Waals surface area contributed by atoms with Crippen molar-refractivity contribution < 1.29 is 0 Å². The summed E-state index contributed by atoms with van der Waals surface area (Å²) < 4.78 is 0. The van der Waals surface area contributed by atoms with Crippen LogP contribution >= 0.6 is 12.4 Å². The van der Waals surface area contributed by atoms with Crippen molar-refractivity contribution >= 4 is 18.0 Å². The molecular weight excluding hydrogens is 338 g/mol. The lowest BCUT2D eigenvalue weighted by Gasteiger charge is -2.48. The molecule has 0 saturated heterocycles. The Kier molecular flexibility index (Phi) is 6.21. The molecule has 0 radical (unpaired) electrons. The standard InChI is InChI=1S/C24H29N.ClH/c1-20-10-12-21(13-11-20)22-14-18-25(19-15-22)24(16-6-3-7-17-24)23-8-4-2-5-9-23;/h2,4-5,8-14H,3,6-7,15-19H2,1H3;1H. The van der Waals surface area contributed by atoms with Crippen LogP contribution in [-0.2, 0) is 5.54 Å².